The number of benzene rings is 1. The largest absolute Gasteiger partial charge is 0.494 e. The molecular weight excluding hydrogens is 172 g/mol. The maximum atomic E-state index is 5.62. The summed E-state index contributed by atoms with van der Waals surface area (Å²) in [6, 6.07) is 6.18. The fourth-order valence-electron chi connectivity index (χ4n) is 1.31. The van der Waals surface area contributed by atoms with Crippen LogP contribution in [0.4, 0.5) is 0 Å². The van der Waals surface area contributed by atoms with Gasteiger partial charge in [-0.05, 0) is 36.6 Å². The Labute approximate surface area is 86.4 Å². The summed E-state index contributed by atoms with van der Waals surface area (Å²) >= 11 is 0. The maximum absolute atomic E-state index is 5.62. The van der Waals surface area contributed by atoms with Gasteiger partial charge in [0, 0.05) is 0 Å². The van der Waals surface area contributed by atoms with Crippen molar-refractivity contribution in [2.24, 2.45) is 0 Å². The van der Waals surface area contributed by atoms with Crippen molar-refractivity contribution in [3.63, 3.8) is 0 Å². The van der Waals surface area contributed by atoms with Gasteiger partial charge >= 0.3 is 0 Å². The molecule has 0 aliphatic carbocycles. The van der Waals surface area contributed by atoms with Crippen LogP contribution in [-0.4, -0.2) is 6.61 Å². The van der Waals surface area contributed by atoms with Gasteiger partial charge in [0.15, 0.2) is 0 Å². The highest BCUT2D eigenvalue weighted by atomic mass is 16.5. The lowest BCUT2D eigenvalue weighted by Gasteiger charge is -2.07. The SMILES string of the molecule is C=Cc1cc(C)cc(OCCCC)c1. The van der Waals surface area contributed by atoms with E-state index in [1.54, 1.807) is 0 Å². The molecule has 0 aliphatic heterocycles. The average molecular weight is 190 g/mol. The zero-order valence-corrected chi connectivity index (χ0v) is 9.05. The molecule has 0 amide bonds. The second-order valence-electron chi connectivity index (χ2n) is 3.49. The summed E-state index contributed by atoms with van der Waals surface area (Å²) in [6.45, 7) is 8.79. The van der Waals surface area contributed by atoms with E-state index in [-0.39, 0.29) is 0 Å². The molecule has 14 heavy (non-hydrogen) atoms. The van der Waals surface area contributed by atoms with E-state index in [1.807, 2.05) is 12.1 Å². The Balaban J connectivity index is 2.66. The summed E-state index contributed by atoms with van der Waals surface area (Å²) in [4.78, 5) is 0. The molecule has 0 bridgehead atoms. The normalized spacial score (nSPS) is 9.86. The molecular formula is C13H18O. The molecule has 1 heteroatoms. The van der Waals surface area contributed by atoms with Gasteiger partial charge in [-0.3, -0.25) is 0 Å². The van der Waals surface area contributed by atoms with Gasteiger partial charge in [0.2, 0.25) is 0 Å². The molecule has 0 radical (unpaired) electrons. The molecule has 76 valence electrons. The Kier molecular flexibility index (Phi) is 4.24. The van der Waals surface area contributed by atoms with E-state index in [2.05, 4.69) is 32.6 Å². The first-order valence-electron chi connectivity index (χ1n) is 5.13. The summed E-state index contributed by atoms with van der Waals surface area (Å²) < 4.78 is 5.62. The molecule has 1 aromatic carbocycles. The van der Waals surface area contributed by atoms with Gasteiger partial charge in [0.05, 0.1) is 6.61 Å². The van der Waals surface area contributed by atoms with Crippen molar-refractivity contribution in [1.82, 2.24) is 0 Å². The van der Waals surface area contributed by atoms with Gasteiger partial charge in [0.1, 0.15) is 5.75 Å². The van der Waals surface area contributed by atoms with E-state index < -0.39 is 0 Å². The van der Waals surface area contributed by atoms with E-state index >= 15 is 0 Å². The van der Waals surface area contributed by atoms with Gasteiger partial charge in [-0.1, -0.05) is 32.1 Å². The summed E-state index contributed by atoms with van der Waals surface area (Å²) in [5.74, 6) is 0.952. The van der Waals surface area contributed by atoms with Crippen LogP contribution in [0.3, 0.4) is 0 Å². The van der Waals surface area contributed by atoms with Gasteiger partial charge in [-0.15, -0.1) is 0 Å². The van der Waals surface area contributed by atoms with Crippen molar-refractivity contribution in [3.05, 3.63) is 35.9 Å². The van der Waals surface area contributed by atoms with Crippen LogP contribution < -0.4 is 4.74 Å². The third-order valence-corrected chi connectivity index (χ3v) is 2.08. The highest BCUT2D eigenvalue weighted by molar-refractivity contribution is 5.51. The second kappa shape index (κ2) is 5.48. The molecule has 0 atom stereocenters. The van der Waals surface area contributed by atoms with Crippen molar-refractivity contribution < 1.29 is 4.74 Å². The Morgan fingerprint density at radius 3 is 2.79 bits per heavy atom. The smallest absolute Gasteiger partial charge is 0.120 e. The molecule has 1 rings (SSSR count). The van der Waals surface area contributed by atoms with Crippen LogP contribution in [0.1, 0.15) is 30.9 Å². The lowest BCUT2D eigenvalue weighted by Crippen LogP contribution is -1.96. The number of aryl methyl sites for hydroxylation is 1. The monoisotopic (exact) mass is 190 g/mol. The summed E-state index contributed by atoms with van der Waals surface area (Å²) in [5, 5.41) is 0. The van der Waals surface area contributed by atoms with Gasteiger partial charge in [0.25, 0.3) is 0 Å². The number of hydrogen-bond donors (Lipinski definition) is 0. The Hall–Kier alpha value is -1.24. The molecule has 1 aromatic rings. The topological polar surface area (TPSA) is 9.23 Å². The molecule has 0 saturated carbocycles. The molecule has 0 aromatic heterocycles. The van der Waals surface area contributed by atoms with Crippen molar-refractivity contribution in [3.8, 4) is 5.75 Å². The summed E-state index contributed by atoms with van der Waals surface area (Å²) in [7, 11) is 0. The number of rotatable bonds is 5. The average Bonchev–Trinajstić information content (AvgIpc) is 2.17. The first kappa shape index (κ1) is 10.8. The highest BCUT2D eigenvalue weighted by Crippen LogP contribution is 2.17. The predicted octanol–water partition coefficient (Wildman–Crippen LogP) is 3.82. The van der Waals surface area contributed by atoms with Gasteiger partial charge < -0.3 is 4.74 Å². The molecule has 0 saturated heterocycles. The van der Waals surface area contributed by atoms with Crippen LogP contribution in [0.5, 0.6) is 5.75 Å². The molecule has 0 aliphatic rings. The van der Waals surface area contributed by atoms with Crippen molar-refractivity contribution in [1.29, 1.82) is 0 Å². The van der Waals surface area contributed by atoms with E-state index in [0.717, 1.165) is 24.3 Å². The second-order valence-corrected chi connectivity index (χ2v) is 3.49. The molecule has 1 nitrogen and oxygen atoms in total. The third kappa shape index (κ3) is 3.25. The van der Waals surface area contributed by atoms with Crippen LogP contribution in [-0.2, 0) is 0 Å². The van der Waals surface area contributed by atoms with Crippen molar-refractivity contribution in [2.75, 3.05) is 6.61 Å². The highest BCUT2D eigenvalue weighted by Gasteiger charge is 1.96. The van der Waals surface area contributed by atoms with Crippen LogP contribution >= 0.6 is 0 Å². The fraction of sp³-hybridized carbons (Fsp3) is 0.385. The minimum Gasteiger partial charge on any atom is -0.494 e. The Bertz CT molecular complexity index is 302. The van der Waals surface area contributed by atoms with E-state index in [0.29, 0.717) is 0 Å². The third-order valence-electron chi connectivity index (χ3n) is 2.08. The predicted molar refractivity (Wildman–Crippen MR) is 61.7 cm³/mol. The zero-order valence-electron chi connectivity index (χ0n) is 9.05. The van der Waals surface area contributed by atoms with Crippen LogP contribution in [0.15, 0.2) is 24.8 Å². The first-order valence-corrected chi connectivity index (χ1v) is 5.13. The Morgan fingerprint density at radius 2 is 2.14 bits per heavy atom. The number of hydrogen-bond acceptors (Lipinski definition) is 1. The lowest BCUT2D eigenvalue weighted by atomic mass is 10.1. The van der Waals surface area contributed by atoms with Crippen molar-refractivity contribution >= 4 is 6.08 Å². The van der Waals surface area contributed by atoms with Crippen LogP contribution in [0, 0.1) is 6.92 Å². The quantitative estimate of drug-likeness (QED) is 0.641. The van der Waals surface area contributed by atoms with Crippen LogP contribution in [0.2, 0.25) is 0 Å². The summed E-state index contributed by atoms with van der Waals surface area (Å²) in [6.07, 6.45) is 4.12. The molecule has 0 fully saturated rings. The fourth-order valence-corrected chi connectivity index (χ4v) is 1.31. The molecule has 0 N–H and O–H groups in total. The van der Waals surface area contributed by atoms with Crippen molar-refractivity contribution in [2.45, 2.75) is 26.7 Å². The van der Waals surface area contributed by atoms with Gasteiger partial charge in [-0.2, -0.15) is 0 Å². The van der Waals surface area contributed by atoms with Gasteiger partial charge in [-0.25, -0.2) is 0 Å². The first-order chi connectivity index (χ1) is 6.76. The maximum Gasteiger partial charge on any atom is 0.120 e. The molecule has 0 heterocycles. The number of ether oxygens (including phenoxy) is 1. The summed E-state index contributed by atoms with van der Waals surface area (Å²) in [5.41, 5.74) is 2.34. The zero-order chi connectivity index (χ0) is 10.4. The Morgan fingerprint density at radius 1 is 1.36 bits per heavy atom. The number of unbranched alkanes of at least 4 members (excludes halogenated alkanes) is 1. The minimum atomic E-state index is 0.802. The lowest BCUT2D eigenvalue weighted by molar-refractivity contribution is 0.309. The molecule has 0 unspecified atom stereocenters. The standard InChI is InChI=1S/C13H18O/c1-4-6-7-14-13-9-11(3)8-12(5-2)10-13/h5,8-10H,2,4,6-7H2,1,3H3. The molecule has 0 spiro atoms. The van der Waals surface area contributed by atoms with Crippen LogP contribution in [0.25, 0.3) is 6.08 Å². The van der Waals surface area contributed by atoms with E-state index in [1.165, 1.54) is 12.0 Å². The minimum absolute atomic E-state index is 0.802. The van der Waals surface area contributed by atoms with E-state index in [4.69, 9.17) is 4.74 Å². The van der Waals surface area contributed by atoms with E-state index in [9.17, 15) is 0 Å².